The van der Waals surface area contributed by atoms with E-state index in [0.29, 0.717) is 4.99 Å². The predicted molar refractivity (Wildman–Crippen MR) is 86.0 cm³/mol. The van der Waals surface area contributed by atoms with Gasteiger partial charge >= 0.3 is 0 Å². The van der Waals surface area contributed by atoms with Gasteiger partial charge in [-0.1, -0.05) is 18.3 Å². The number of nitrogens with zero attached hydrogens (tertiary/aromatic N) is 1. The Hall–Kier alpha value is -1.46. The number of aromatic nitrogens is 1. The largest absolute Gasteiger partial charge is 0.389 e. The summed E-state index contributed by atoms with van der Waals surface area (Å²) in [5.41, 5.74) is 8.66. The number of aryl methyl sites for hydroxylation is 2. The first-order valence-corrected chi connectivity index (χ1v) is 7.36. The molecule has 0 aliphatic rings. The van der Waals surface area contributed by atoms with Gasteiger partial charge in [0.25, 0.3) is 0 Å². The van der Waals surface area contributed by atoms with Gasteiger partial charge in [0.2, 0.25) is 0 Å². The third-order valence-corrected chi connectivity index (χ3v) is 4.17. The van der Waals surface area contributed by atoms with Crippen molar-refractivity contribution in [1.82, 2.24) is 4.98 Å². The molecular weight excluding hydrogens is 274 g/mol. The van der Waals surface area contributed by atoms with Crippen LogP contribution in [0, 0.1) is 13.8 Å². The van der Waals surface area contributed by atoms with E-state index in [4.69, 9.17) is 18.0 Å². The summed E-state index contributed by atoms with van der Waals surface area (Å²) in [6.45, 7) is 6.08. The van der Waals surface area contributed by atoms with Gasteiger partial charge in [0.05, 0.1) is 11.6 Å². The quantitative estimate of drug-likeness (QED) is 0.846. The lowest BCUT2D eigenvalue weighted by atomic mass is 10.1. The molecule has 0 saturated carbocycles. The van der Waals surface area contributed by atoms with Gasteiger partial charge < -0.3 is 11.1 Å². The van der Waals surface area contributed by atoms with E-state index in [2.05, 4.69) is 28.7 Å². The number of thiocarbonyl (C=S) groups is 1. The average molecular weight is 291 g/mol. The number of pyridine rings is 1. The minimum atomic E-state index is 0.182. The summed E-state index contributed by atoms with van der Waals surface area (Å²) in [4.78, 5) is 6.17. The Morgan fingerprint density at radius 1 is 1.47 bits per heavy atom. The summed E-state index contributed by atoms with van der Waals surface area (Å²) < 4.78 is 0. The van der Waals surface area contributed by atoms with Crippen LogP contribution >= 0.6 is 23.6 Å². The van der Waals surface area contributed by atoms with E-state index in [1.54, 1.807) is 11.3 Å². The van der Waals surface area contributed by atoms with Crippen LogP contribution in [0.1, 0.15) is 34.7 Å². The molecule has 19 heavy (non-hydrogen) atoms. The van der Waals surface area contributed by atoms with Gasteiger partial charge in [0.15, 0.2) is 0 Å². The van der Waals surface area contributed by atoms with Crippen LogP contribution in [0.3, 0.4) is 0 Å². The van der Waals surface area contributed by atoms with Crippen molar-refractivity contribution in [2.24, 2.45) is 5.73 Å². The molecule has 2 rings (SSSR count). The summed E-state index contributed by atoms with van der Waals surface area (Å²) >= 11 is 6.85. The zero-order valence-corrected chi connectivity index (χ0v) is 12.9. The molecule has 0 amide bonds. The molecule has 2 aromatic heterocycles. The second-order valence-electron chi connectivity index (χ2n) is 4.55. The van der Waals surface area contributed by atoms with Gasteiger partial charge in [-0.2, -0.15) is 0 Å². The number of hydrogen-bond acceptors (Lipinski definition) is 4. The zero-order chi connectivity index (χ0) is 14.0. The molecule has 0 aliphatic carbocycles. The molecule has 2 aromatic rings. The fraction of sp³-hybridized carbons (Fsp3) is 0.286. The molecule has 0 fully saturated rings. The normalized spacial score (nSPS) is 12.2. The van der Waals surface area contributed by atoms with Crippen molar-refractivity contribution in [3.8, 4) is 0 Å². The molecule has 0 aromatic carbocycles. The van der Waals surface area contributed by atoms with Crippen LogP contribution in [-0.2, 0) is 0 Å². The van der Waals surface area contributed by atoms with Crippen molar-refractivity contribution >= 4 is 34.4 Å². The first kappa shape index (κ1) is 14.0. The summed E-state index contributed by atoms with van der Waals surface area (Å²) in [5, 5.41) is 5.47. The maximum Gasteiger partial charge on any atom is 0.137 e. The maximum atomic E-state index is 5.81. The van der Waals surface area contributed by atoms with E-state index < -0.39 is 0 Å². The Morgan fingerprint density at radius 2 is 2.21 bits per heavy atom. The summed E-state index contributed by atoms with van der Waals surface area (Å²) in [7, 11) is 0. The van der Waals surface area contributed by atoms with Crippen molar-refractivity contribution in [2.45, 2.75) is 26.8 Å². The maximum absolute atomic E-state index is 5.81. The number of anilines is 1. The second-order valence-corrected chi connectivity index (χ2v) is 5.97. The van der Waals surface area contributed by atoms with E-state index >= 15 is 0 Å². The minimum absolute atomic E-state index is 0.182. The highest BCUT2D eigenvalue weighted by Crippen LogP contribution is 2.26. The van der Waals surface area contributed by atoms with Gasteiger partial charge in [-0.15, -0.1) is 11.3 Å². The van der Waals surface area contributed by atoms with E-state index in [1.807, 2.05) is 26.0 Å². The molecular formula is C14H17N3S2. The van der Waals surface area contributed by atoms with Crippen molar-refractivity contribution < 1.29 is 0 Å². The molecule has 3 nitrogen and oxygen atoms in total. The van der Waals surface area contributed by atoms with Crippen LogP contribution in [0.4, 0.5) is 5.82 Å². The number of thiophene rings is 1. The Bertz CT molecular complexity index is 591. The van der Waals surface area contributed by atoms with Gasteiger partial charge in [0.1, 0.15) is 10.8 Å². The first-order chi connectivity index (χ1) is 8.99. The van der Waals surface area contributed by atoms with Gasteiger partial charge in [0, 0.05) is 10.6 Å². The molecule has 0 spiro atoms. The van der Waals surface area contributed by atoms with Crippen LogP contribution in [-0.4, -0.2) is 9.97 Å². The fourth-order valence-electron chi connectivity index (χ4n) is 2.07. The molecule has 0 bridgehead atoms. The molecule has 5 heteroatoms. The Labute approximate surface area is 122 Å². The highest BCUT2D eigenvalue weighted by Gasteiger charge is 2.14. The van der Waals surface area contributed by atoms with E-state index in [0.717, 1.165) is 22.6 Å². The van der Waals surface area contributed by atoms with Gasteiger partial charge in [-0.05, 0) is 43.8 Å². The molecule has 0 saturated heterocycles. The highest BCUT2D eigenvalue weighted by molar-refractivity contribution is 7.80. The van der Waals surface area contributed by atoms with Crippen molar-refractivity contribution in [3.63, 3.8) is 0 Å². The van der Waals surface area contributed by atoms with Crippen LogP contribution in [0.2, 0.25) is 0 Å². The summed E-state index contributed by atoms with van der Waals surface area (Å²) in [5.74, 6) is 0.769. The molecule has 1 atom stereocenters. The van der Waals surface area contributed by atoms with Crippen molar-refractivity contribution in [1.29, 1.82) is 0 Å². The second kappa shape index (κ2) is 5.67. The van der Waals surface area contributed by atoms with Gasteiger partial charge in [-0.3, -0.25) is 0 Å². The minimum Gasteiger partial charge on any atom is -0.389 e. The molecule has 3 N–H and O–H groups in total. The van der Waals surface area contributed by atoms with E-state index in [-0.39, 0.29) is 6.04 Å². The van der Waals surface area contributed by atoms with Crippen LogP contribution in [0.15, 0.2) is 23.6 Å². The zero-order valence-electron chi connectivity index (χ0n) is 11.2. The fourth-order valence-corrected chi connectivity index (χ4v) is 3.06. The van der Waals surface area contributed by atoms with E-state index in [1.165, 1.54) is 4.88 Å². The summed E-state index contributed by atoms with van der Waals surface area (Å²) in [6.07, 6.45) is 0. The molecule has 1 unspecified atom stereocenters. The Morgan fingerprint density at radius 3 is 2.79 bits per heavy atom. The third kappa shape index (κ3) is 3.11. The van der Waals surface area contributed by atoms with Crippen molar-refractivity contribution in [3.05, 3.63) is 45.3 Å². The number of hydrogen-bond donors (Lipinski definition) is 2. The van der Waals surface area contributed by atoms with Crippen LogP contribution in [0.25, 0.3) is 0 Å². The van der Waals surface area contributed by atoms with E-state index in [9.17, 15) is 0 Å². The molecule has 2 heterocycles. The highest BCUT2D eigenvalue weighted by atomic mass is 32.1. The molecule has 100 valence electrons. The van der Waals surface area contributed by atoms with Crippen molar-refractivity contribution in [2.75, 3.05) is 5.32 Å². The summed E-state index contributed by atoms with van der Waals surface area (Å²) in [6, 6.07) is 6.32. The van der Waals surface area contributed by atoms with Gasteiger partial charge in [-0.25, -0.2) is 4.98 Å². The third-order valence-electron chi connectivity index (χ3n) is 2.91. The Kier molecular flexibility index (Phi) is 4.17. The molecule has 0 aliphatic heterocycles. The predicted octanol–water partition coefficient (Wildman–Crippen LogP) is 3.57. The number of rotatable bonds is 4. The number of nitrogens with one attached hydrogen (secondary N) is 1. The monoisotopic (exact) mass is 291 g/mol. The SMILES string of the molecule is Cc1cc(C)c(C(N)=S)c(NC(C)c2cccs2)n1. The smallest absolute Gasteiger partial charge is 0.137 e. The number of nitrogens with two attached hydrogens (primary N) is 1. The first-order valence-electron chi connectivity index (χ1n) is 6.07. The Balaban J connectivity index is 2.36. The lowest BCUT2D eigenvalue weighted by Crippen LogP contribution is -2.18. The topological polar surface area (TPSA) is 50.9 Å². The van der Waals surface area contributed by atoms with Crippen LogP contribution in [0.5, 0.6) is 0 Å². The average Bonchev–Trinajstić information content (AvgIpc) is 2.80. The molecule has 0 radical (unpaired) electrons. The standard InChI is InChI=1S/C14H17N3S2/c1-8-7-9(2)16-14(12(8)13(15)18)17-10(3)11-5-4-6-19-11/h4-7,10H,1-3H3,(H2,15,18)(H,16,17). The lowest BCUT2D eigenvalue weighted by molar-refractivity contribution is 0.891. The lowest BCUT2D eigenvalue weighted by Gasteiger charge is -2.18. The van der Waals surface area contributed by atoms with Crippen LogP contribution < -0.4 is 11.1 Å².